The lowest BCUT2D eigenvalue weighted by molar-refractivity contribution is -0.0499. The number of alkyl halides is 2. The Morgan fingerprint density at radius 1 is 1.13 bits per heavy atom. The lowest BCUT2D eigenvalue weighted by atomic mass is 10.2. The first-order chi connectivity index (χ1) is 14.4. The predicted molar refractivity (Wildman–Crippen MR) is 98.5 cm³/mol. The van der Waals surface area contributed by atoms with Gasteiger partial charge in [0.25, 0.3) is 5.91 Å². The molecule has 1 N–H and O–H groups in total. The SMILES string of the molecule is O=C1c2cc(CNc3ccc(OC(F)F)cc3F)nn2CCN1c1cccc(F)n1. The van der Waals surface area contributed by atoms with Gasteiger partial charge < -0.3 is 10.1 Å². The van der Waals surface area contributed by atoms with Crippen molar-refractivity contribution < 1.29 is 27.1 Å². The fraction of sp³-hybridized carbons (Fsp3) is 0.211. The predicted octanol–water partition coefficient (Wildman–Crippen LogP) is 3.43. The van der Waals surface area contributed by atoms with E-state index in [-0.39, 0.29) is 36.3 Å². The molecule has 3 heterocycles. The molecule has 1 amide bonds. The first-order valence-electron chi connectivity index (χ1n) is 8.90. The second-order valence-corrected chi connectivity index (χ2v) is 6.39. The molecule has 2 aromatic heterocycles. The molecule has 4 rings (SSSR count). The van der Waals surface area contributed by atoms with Crippen molar-refractivity contribution in [2.24, 2.45) is 0 Å². The van der Waals surface area contributed by atoms with Gasteiger partial charge in [-0.15, -0.1) is 0 Å². The first-order valence-corrected chi connectivity index (χ1v) is 8.90. The number of fused-ring (bicyclic) bond motifs is 1. The normalized spacial score (nSPS) is 13.5. The number of halogens is 4. The van der Waals surface area contributed by atoms with E-state index >= 15 is 0 Å². The van der Waals surface area contributed by atoms with Crippen LogP contribution in [0.3, 0.4) is 0 Å². The number of aromatic nitrogens is 3. The molecule has 7 nitrogen and oxygen atoms in total. The number of benzene rings is 1. The van der Waals surface area contributed by atoms with Crippen LogP contribution in [0.15, 0.2) is 42.5 Å². The van der Waals surface area contributed by atoms with Gasteiger partial charge in [-0.05, 0) is 30.3 Å². The highest BCUT2D eigenvalue weighted by Gasteiger charge is 2.28. The third-order valence-corrected chi connectivity index (χ3v) is 4.43. The summed E-state index contributed by atoms with van der Waals surface area (Å²) < 4.78 is 57.5. The zero-order valence-electron chi connectivity index (χ0n) is 15.4. The Kier molecular flexibility index (Phi) is 5.25. The van der Waals surface area contributed by atoms with Crippen molar-refractivity contribution in [2.45, 2.75) is 19.7 Å². The highest BCUT2D eigenvalue weighted by Crippen LogP contribution is 2.24. The summed E-state index contributed by atoms with van der Waals surface area (Å²) in [6.07, 6.45) is 0. The fourth-order valence-corrected chi connectivity index (χ4v) is 3.10. The standard InChI is InChI=1S/C19H15F4N5O2/c20-13-9-12(30-19(22)23)4-5-14(13)24-10-11-8-15-18(29)27(6-7-28(15)26-11)17-3-1-2-16(21)25-17/h1-5,8-9,19,24H,6-7,10H2. The van der Waals surface area contributed by atoms with Crippen molar-refractivity contribution >= 4 is 17.4 Å². The monoisotopic (exact) mass is 421 g/mol. The van der Waals surface area contributed by atoms with Gasteiger partial charge in [0.2, 0.25) is 5.95 Å². The largest absolute Gasteiger partial charge is 0.435 e. The number of carbonyl (C=O) groups excluding carboxylic acids is 1. The van der Waals surface area contributed by atoms with Crippen molar-refractivity contribution in [1.82, 2.24) is 14.8 Å². The Bertz CT molecular complexity index is 1090. The maximum absolute atomic E-state index is 14.1. The molecule has 30 heavy (non-hydrogen) atoms. The third kappa shape index (κ3) is 4.04. The van der Waals surface area contributed by atoms with Crippen LogP contribution in [0.25, 0.3) is 0 Å². The summed E-state index contributed by atoms with van der Waals surface area (Å²) in [5.74, 6) is -1.91. The summed E-state index contributed by atoms with van der Waals surface area (Å²) in [7, 11) is 0. The molecule has 0 spiro atoms. The zero-order chi connectivity index (χ0) is 21.3. The number of anilines is 2. The van der Waals surface area contributed by atoms with Crippen LogP contribution >= 0.6 is 0 Å². The smallest absolute Gasteiger partial charge is 0.387 e. The van der Waals surface area contributed by atoms with Gasteiger partial charge in [0.15, 0.2) is 0 Å². The van der Waals surface area contributed by atoms with Crippen LogP contribution in [0.2, 0.25) is 0 Å². The molecule has 1 aliphatic heterocycles. The van der Waals surface area contributed by atoms with Gasteiger partial charge in [-0.2, -0.15) is 18.3 Å². The van der Waals surface area contributed by atoms with E-state index in [0.29, 0.717) is 17.9 Å². The number of hydrogen-bond donors (Lipinski definition) is 1. The van der Waals surface area contributed by atoms with Gasteiger partial charge in [-0.25, -0.2) is 9.37 Å². The first kappa shape index (κ1) is 19.7. The highest BCUT2D eigenvalue weighted by molar-refractivity contribution is 6.05. The number of nitrogens with one attached hydrogen (secondary N) is 1. The van der Waals surface area contributed by atoms with Crippen molar-refractivity contribution in [1.29, 1.82) is 0 Å². The van der Waals surface area contributed by atoms with E-state index in [1.807, 2.05) is 0 Å². The number of ether oxygens (including phenoxy) is 1. The topological polar surface area (TPSA) is 72.3 Å². The van der Waals surface area contributed by atoms with Gasteiger partial charge in [0.1, 0.15) is 23.1 Å². The maximum atomic E-state index is 14.1. The summed E-state index contributed by atoms with van der Waals surface area (Å²) in [6.45, 7) is -2.29. The van der Waals surface area contributed by atoms with Crippen LogP contribution in [-0.2, 0) is 13.1 Å². The molecule has 1 aliphatic rings. The Morgan fingerprint density at radius 2 is 1.97 bits per heavy atom. The highest BCUT2D eigenvalue weighted by atomic mass is 19.3. The molecule has 0 saturated heterocycles. The van der Waals surface area contributed by atoms with Crippen LogP contribution in [0, 0.1) is 11.8 Å². The Hall–Kier alpha value is -3.63. The Morgan fingerprint density at radius 3 is 2.70 bits per heavy atom. The lowest BCUT2D eigenvalue weighted by Gasteiger charge is -2.26. The number of pyridine rings is 1. The minimum absolute atomic E-state index is 0.0690. The zero-order valence-corrected chi connectivity index (χ0v) is 15.4. The molecule has 3 aromatic rings. The van der Waals surface area contributed by atoms with E-state index in [0.717, 1.165) is 6.07 Å². The van der Waals surface area contributed by atoms with E-state index in [1.165, 1.54) is 33.8 Å². The van der Waals surface area contributed by atoms with Crippen LogP contribution in [0.5, 0.6) is 5.75 Å². The quantitative estimate of drug-likeness (QED) is 0.488. The Labute approximate surface area is 167 Å². The summed E-state index contributed by atoms with van der Waals surface area (Å²) in [6, 6.07) is 9.08. The molecule has 11 heteroatoms. The van der Waals surface area contributed by atoms with E-state index in [2.05, 4.69) is 20.1 Å². The van der Waals surface area contributed by atoms with Gasteiger partial charge in [0, 0.05) is 12.6 Å². The summed E-state index contributed by atoms with van der Waals surface area (Å²) in [5, 5.41) is 7.12. The molecule has 0 aliphatic carbocycles. The van der Waals surface area contributed by atoms with Crippen molar-refractivity contribution in [2.75, 3.05) is 16.8 Å². The van der Waals surface area contributed by atoms with E-state index in [4.69, 9.17) is 0 Å². The van der Waals surface area contributed by atoms with Gasteiger partial charge in [-0.1, -0.05) is 6.07 Å². The number of carbonyl (C=O) groups is 1. The van der Waals surface area contributed by atoms with Crippen LogP contribution in [-0.4, -0.2) is 33.8 Å². The lowest BCUT2D eigenvalue weighted by Crippen LogP contribution is -2.41. The van der Waals surface area contributed by atoms with Crippen LogP contribution in [0.1, 0.15) is 16.2 Å². The minimum Gasteiger partial charge on any atom is -0.435 e. The average Bonchev–Trinajstić information content (AvgIpc) is 3.11. The van der Waals surface area contributed by atoms with E-state index in [9.17, 15) is 22.4 Å². The Balaban J connectivity index is 1.46. The van der Waals surface area contributed by atoms with Gasteiger partial charge in [0.05, 0.1) is 24.5 Å². The molecule has 0 fully saturated rings. The van der Waals surface area contributed by atoms with Gasteiger partial charge in [-0.3, -0.25) is 14.4 Å². The van der Waals surface area contributed by atoms with Crippen molar-refractivity contribution in [3.63, 3.8) is 0 Å². The fourth-order valence-electron chi connectivity index (χ4n) is 3.10. The summed E-state index contributed by atoms with van der Waals surface area (Å²) in [5.41, 5.74) is 0.837. The molecule has 156 valence electrons. The van der Waals surface area contributed by atoms with E-state index < -0.39 is 18.4 Å². The number of amides is 1. The van der Waals surface area contributed by atoms with Crippen molar-refractivity contribution in [3.8, 4) is 5.75 Å². The summed E-state index contributed by atoms with van der Waals surface area (Å²) in [4.78, 5) is 17.8. The van der Waals surface area contributed by atoms with Crippen LogP contribution in [0.4, 0.5) is 29.1 Å². The third-order valence-electron chi connectivity index (χ3n) is 4.43. The molecule has 0 unspecified atom stereocenters. The van der Waals surface area contributed by atoms with Gasteiger partial charge >= 0.3 is 6.61 Å². The molecular formula is C19H15F4N5O2. The number of rotatable bonds is 6. The average molecular weight is 421 g/mol. The molecule has 0 atom stereocenters. The molecule has 0 radical (unpaired) electrons. The summed E-state index contributed by atoms with van der Waals surface area (Å²) >= 11 is 0. The molecule has 1 aromatic carbocycles. The number of hydrogen-bond acceptors (Lipinski definition) is 5. The second-order valence-electron chi connectivity index (χ2n) is 6.39. The maximum Gasteiger partial charge on any atom is 0.387 e. The number of nitrogens with zero attached hydrogens (tertiary/aromatic N) is 4. The molecular weight excluding hydrogens is 406 g/mol. The van der Waals surface area contributed by atoms with Crippen molar-refractivity contribution in [3.05, 3.63) is 65.6 Å². The van der Waals surface area contributed by atoms with Crippen LogP contribution < -0.4 is 15.0 Å². The second kappa shape index (κ2) is 8.01. The molecule has 0 bridgehead atoms. The van der Waals surface area contributed by atoms with E-state index in [1.54, 1.807) is 12.1 Å². The minimum atomic E-state index is -3.04. The molecule has 0 saturated carbocycles.